The molecule has 1 saturated heterocycles. The van der Waals surface area contributed by atoms with Crippen LogP contribution in [-0.2, 0) is 9.53 Å². The van der Waals surface area contributed by atoms with Crippen LogP contribution in [0.5, 0.6) is 0 Å². The van der Waals surface area contributed by atoms with Gasteiger partial charge in [-0.05, 0) is 58.3 Å². The third-order valence-corrected chi connectivity index (χ3v) is 4.90. The fourth-order valence-corrected chi connectivity index (χ4v) is 3.27. The molecule has 144 valence electrons. The van der Waals surface area contributed by atoms with E-state index < -0.39 is 11.6 Å². The third kappa shape index (κ3) is 5.87. The number of ether oxygens (including phenoxy) is 1. The molecule has 6 nitrogen and oxygen atoms in total. The Bertz CT molecular complexity index is 483. The molecule has 1 aliphatic heterocycles. The average Bonchev–Trinajstić information content (AvgIpc) is 3.34. The van der Waals surface area contributed by atoms with Crippen molar-refractivity contribution in [1.82, 2.24) is 9.80 Å². The molecule has 2 N–H and O–H groups in total. The normalized spacial score (nSPS) is 22.7. The van der Waals surface area contributed by atoms with Gasteiger partial charge in [0.05, 0.1) is 6.04 Å². The molecule has 2 fully saturated rings. The predicted molar refractivity (Wildman–Crippen MR) is 98.1 cm³/mol. The van der Waals surface area contributed by atoms with E-state index in [0.29, 0.717) is 25.0 Å². The second kappa shape index (κ2) is 7.94. The van der Waals surface area contributed by atoms with E-state index >= 15 is 0 Å². The molecule has 2 aliphatic rings. The second-order valence-electron chi connectivity index (χ2n) is 8.93. The van der Waals surface area contributed by atoms with Crippen LogP contribution in [0.4, 0.5) is 4.79 Å². The highest BCUT2D eigenvalue weighted by atomic mass is 16.6. The van der Waals surface area contributed by atoms with Crippen LogP contribution in [0.15, 0.2) is 0 Å². The van der Waals surface area contributed by atoms with E-state index in [2.05, 4.69) is 0 Å². The van der Waals surface area contributed by atoms with E-state index in [1.165, 1.54) is 0 Å². The second-order valence-corrected chi connectivity index (χ2v) is 8.93. The summed E-state index contributed by atoms with van der Waals surface area (Å²) >= 11 is 0. The standard InChI is InChI=1S/C19H35N3O3/c1-13(2)16(20)17(23)21-10-6-7-14(11-21)12-22(15-8-9-15)18(24)25-19(3,4)5/h13-16H,6-12,20H2,1-5H3/t14-,16+/m1/s1. The Balaban J connectivity index is 1.95. The lowest BCUT2D eigenvalue weighted by atomic mass is 9.95. The van der Waals surface area contributed by atoms with Crippen molar-refractivity contribution < 1.29 is 14.3 Å². The zero-order chi connectivity index (χ0) is 18.8. The lowest BCUT2D eigenvalue weighted by Crippen LogP contribution is -2.52. The fourth-order valence-electron chi connectivity index (χ4n) is 3.27. The van der Waals surface area contributed by atoms with Crippen molar-refractivity contribution in [1.29, 1.82) is 0 Å². The molecule has 2 amide bonds. The molecule has 0 unspecified atom stereocenters. The first kappa shape index (κ1) is 20.0. The van der Waals surface area contributed by atoms with Crippen molar-refractivity contribution in [2.45, 2.75) is 78.0 Å². The van der Waals surface area contributed by atoms with E-state index in [1.807, 2.05) is 44.4 Å². The molecule has 0 aromatic heterocycles. The van der Waals surface area contributed by atoms with E-state index in [9.17, 15) is 9.59 Å². The molecule has 6 heteroatoms. The molecule has 0 bridgehead atoms. The molecule has 1 saturated carbocycles. The molecule has 1 aliphatic carbocycles. The van der Waals surface area contributed by atoms with Gasteiger partial charge in [-0.25, -0.2) is 4.79 Å². The lowest BCUT2D eigenvalue weighted by Gasteiger charge is -2.37. The first-order chi connectivity index (χ1) is 11.6. The van der Waals surface area contributed by atoms with Crippen molar-refractivity contribution in [3.63, 3.8) is 0 Å². The van der Waals surface area contributed by atoms with E-state index in [0.717, 1.165) is 32.2 Å². The molecule has 0 radical (unpaired) electrons. The first-order valence-electron chi connectivity index (χ1n) is 9.62. The van der Waals surface area contributed by atoms with Gasteiger partial charge in [0.2, 0.25) is 5.91 Å². The average molecular weight is 354 g/mol. The van der Waals surface area contributed by atoms with Gasteiger partial charge in [0.1, 0.15) is 5.60 Å². The van der Waals surface area contributed by atoms with Crippen LogP contribution in [-0.4, -0.2) is 59.1 Å². The number of nitrogens with zero attached hydrogens (tertiary/aromatic N) is 2. The van der Waals surface area contributed by atoms with Crippen molar-refractivity contribution in [2.75, 3.05) is 19.6 Å². The fraction of sp³-hybridized carbons (Fsp3) is 0.895. The van der Waals surface area contributed by atoms with Gasteiger partial charge < -0.3 is 20.3 Å². The van der Waals surface area contributed by atoms with Gasteiger partial charge in [-0.3, -0.25) is 4.79 Å². The van der Waals surface area contributed by atoms with Crippen LogP contribution in [0.25, 0.3) is 0 Å². The molecule has 0 aromatic carbocycles. The number of hydrogen-bond acceptors (Lipinski definition) is 4. The van der Waals surface area contributed by atoms with Gasteiger partial charge in [0.25, 0.3) is 0 Å². The Labute approximate surface area is 152 Å². The predicted octanol–water partition coefficient (Wildman–Crippen LogP) is 2.61. The minimum Gasteiger partial charge on any atom is -0.444 e. The Kier molecular flexibility index (Phi) is 6.35. The van der Waals surface area contributed by atoms with E-state index in [1.54, 1.807) is 0 Å². The molecule has 1 heterocycles. The summed E-state index contributed by atoms with van der Waals surface area (Å²) in [6.07, 6.45) is 3.87. The maximum atomic E-state index is 12.5. The van der Waals surface area contributed by atoms with Crippen LogP contribution in [0.3, 0.4) is 0 Å². The van der Waals surface area contributed by atoms with Crippen molar-refractivity contribution in [3.05, 3.63) is 0 Å². The molecule has 2 atom stereocenters. The van der Waals surface area contributed by atoms with Crippen molar-refractivity contribution in [2.24, 2.45) is 17.6 Å². The summed E-state index contributed by atoms with van der Waals surface area (Å²) in [6.45, 7) is 11.7. The summed E-state index contributed by atoms with van der Waals surface area (Å²) < 4.78 is 5.57. The van der Waals surface area contributed by atoms with Crippen LogP contribution >= 0.6 is 0 Å². The number of nitrogens with two attached hydrogens (primary N) is 1. The Morgan fingerprint density at radius 2 is 1.88 bits per heavy atom. The quantitative estimate of drug-likeness (QED) is 0.824. The lowest BCUT2D eigenvalue weighted by molar-refractivity contribution is -0.135. The smallest absolute Gasteiger partial charge is 0.410 e. The highest BCUT2D eigenvalue weighted by molar-refractivity contribution is 5.82. The third-order valence-electron chi connectivity index (χ3n) is 4.90. The maximum Gasteiger partial charge on any atom is 0.410 e. The van der Waals surface area contributed by atoms with Crippen LogP contribution in [0.2, 0.25) is 0 Å². The minimum absolute atomic E-state index is 0.0370. The van der Waals surface area contributed by atoms with Gasteiger partial charge >= 0.3 is 6.09 Å². The summed E-state index contributed by atoms with van der Waals surface area (Å²) in [7, 11) is 0. The topological polar surface area (TPSA) is 75.9 Å². The summed E-state index contributed by atoms with van der Waals surface area (Å²) in [5.41, 5.74) is 5.55. The maximum absolute atomic E-state index is 12.5. The monoisotopic (exact) mass is 353 g/mol. The summed E-state index contributed by atoms with van der Waals surface area (Å²) in [5, 5.41) is 0. The number of likely N-dealkylation sites (tertiary alicyclic amines) is 1. The molecule has 0 spiro atoms. The minimum atomic E-state index is -0.483. The van der Waals surface area contributed by atoms with E-state index in [4.69, 9.17) is 10.5 Å². The summed E-state index contributed by atoms with van der Waals surface area (Å²) in [4.78, 5) is 28.8. The highest BCUT2D eigenvalue weighted by Crippen LogP contribution is 2.31. The summed E-state index contributed by atoms with van der Waals surface area (Å²) in [5.74, 6) is 0.470. The zero-order valence-corrected chi connectivity index (χ0v) is 16.5. The summed E-state index contributed by atoms with van der Waals surface area (Å²) in [6, 6.07) is -0.136. The number of carbonyl (C=O) groups excluding carboxylic acids is 2. The number of carbonyl (C=O) groups is 2. The molecular weight excluding hydrogens is 318 g/mol. The van der Waals surface area contributed by atoms with Gasteiger partial charge in [0, 0.05) is 25.7 Å². The van der Waals surface area contributed by atoms with Gasteiger partial charge in [-0.1, -0.05) is 13.8 Å². The highest BCUT2D eigenvalue weighted by Gasteiger charge is 2.38. The van der Waals surface area contributed by atoms with Gasteiger partial charge in [0.15, 0.2) is 0 Å². The van der Waals surface area contributed by atoms with E-state index in [-0.39, 0.29) is 17.9 Å². The number of amides is 2. The molecule has 2 rings (SSSR count). The van der Waals surface area contributed by atoms with Crippen LogP contribution < -0.4 is 5.73 Å². The SMILES string of the molecule is CC(C)[C@H](N)C(=O)N1CCC[C@@H](CN(C(=O)OC(C)(C)C)C2CC2)C1. The molecule has 25 heavy (non-hydrogen) atoms. The Morgan fingerprint density at radius 3 is 2.40 bits per heavy atom. The van der Waals surface area contributed by atoms with Crippen LogP contribution in [0, 0.1) is 11.8 Å². The van der Waals surface area contributed by atoms with Crippen LogP contribution in [0.1, 0.15) is 60.3 Å². The number of piperidine rings is 1. The Hall–Kier alpha value is -1.30. The molecular formula is C19H35N3O3. The first-order valence-corrected chi connectivity index (χ1v) is 9.62. The van der Waals surface area contributed by atoms with Gasteiger partial charge in [-0.2, -0.15) is 0 Å². The van der Waals surface area contributed by atoms with Crippen molar-refractivity contribution >= 4 is 12.0 Å². The number of rotatable bonds is 5. The largest absolute Gasteiger partial charge is 0.444 e. The molecule has 0 aromatic rings. The number of hydrogen-bond donors (Lipinski definition) is 1. The van der Waals surface area contributed by atoms with Crippen molar-refractivity contribution in [3.8, 4) is 0 Å². The van der Waals surface area contributed by atoms with Gasteiger partial charge in [-0.15, -0.1) is 0 Å². The zero-order valence-electron chi connectivity index (χ0n) is 16.5. The Morgan fingerprint density at radius 1 is 1.24 bits per heavy atom.